The van der Waals surface area contributed by atoms with Gasteiger partial charge in [0.05, 0.1) is 23.7 Å². The molecule has 2 N–H and O–H groups in total. The number of hydrogen-bond acceptors (Lipinski definition) is 3. The molecule has 0 spiro atoms. The Bertz CT molecular complexity index is 796. The van der Waals surface area contributed by atoms with Crippen LogP contribution in [0.3, 0.4) is 0 Å². The smallest absolute Gasteiger partial charge is 0.168 e. The number of benzene rings is 2. The van der Waals surface area contributed by atoms with E-state index in [1.165, 1.54) is 0 Å². The molecule has 2 aromatic carbocycles. The summed E-state index contributed by atoms with van der Waals surface area (Å²) in [6, 6.07) is 11.7. The minimum atomic E-state index is -0.0538. The Hall–Kier alpha value is -2.49. The van der Waals surface area contributed by atoms with E-state index < -0.39 is 0 Å². The third kappa shape index (κ3) is 2.41. The quantitative estimate of drug-likeness (QED) is 0.743. The number of fused-ring (bicyclic) bond motifs is 1. The summed E-state index contributed by atoms with van der Waals surface area (Å²) in [7, 11) is 1.56. The van der Waals surface area contributed by atoms with Crippen LogP contribution in [0, 0.1) is 0 Å². The first-order valence-corrected chi connectivity index (χ1v) is 7.27. The number of rotatable bonds is 2. The summed E-state index contributed by atoms with van der Waals surface area (Å²) >= 11 is 0. The van der Waals surface area contributed by atoms with E-state index in [1.54, 1.807) is 7.11 Å². The Labute approximate surface area is 129 Å². The minimum Gasteiger partial charge on any atom is -0.504 e. The number of para-hydroxylation sites is 2. The van der Waals surface area contributed by atoms with Crippen LogP contribution in [0.5, 0.6) is 11.5 Å². The number of imidazole rings is 1. The summed E-state index contributed by atoms with van der Waals surface area (Å²) in [6.45, 7) is 6.38. The molecule has 0 aliphatic rings. The van der Waals surface area contributed by atoms with Gasteiger partial charge in [-0.2, -0.15) is 0 Å². The van der Waals surface area contributed by atoms with Crippen molar-refractivity contribution in [3.63, 3.8) is 0 Å². The molecule has 0 bridgehead atoms. The Kier molecular flexibility index (Phi) is 3.32. The lowest BCUT2D eigenvalue weighted by Gasteiger charge is -2.21. The number of nitrogens with one attached hydrogen (secondary N) is 1. The maximum Gasteiger partial charge on any atom is 0.168 e. The van der Waals surface area contributed by atoms with E-state index in [4.69, 9.17) is 4.74 Å². The van der Waals surface area contributed by atoms with Gasteiger partial charge >= 0.3 is 0 Å². The average Bonchev–Trinajstić information content (AvgIpc) is 2.89. The third-order valence-electron chi connectivity index (χ3n) is 3.81. The fourth-order valence-corrected chi connectivity index (χ4v) is 2.46. The van der Waals surface area contributed by atoms with Crippen LogP contribution in [0.1, 0.15) is 26.3 Å². The number of phenolic OH excluding ortho intramolecular Hbond substituents is 1. The van der Waals surface area contributed by atoms with E-state index in [1.807, 2.05) is 36.4 Å². The monoisotopic (exact) mass is 296 g/mol. The molecule has 0 atom stereocenters. The van der Waals surface area contributed by atoms with E-state index in [0.29, 0.717) is 17.1 Å². The molecule has 22 heavy (non-hydrogen) atoms. The lowest BCUT2D eigenvalue weighted by Crippen LogP contribution is -2.11. The van der Waals surface area contributed by atoms with Gasteiger partial charge < -0.3 is 14.8 Å². The number of nitrogens with zero attached hydrogens (tertiary/aromatic N) is 1. The van der Waals surface area contributed by atoms with Gasteiger partial charge in [-0.1, -0.05) is 32.9 Å². The summed E-state index contributed by atoms with van der Waals surface area (Å²) in [5, 5.41) is 10.5. The van der Waals surface area contributed by atoms with E-state index in [-0.39, 0.29) is 11.2 Å². The first-order valence-electron chi connectivity index (χ1n) is 7.27. The summed E-state index contributed by atoms with van der Waals surface area (Å²) < 4.78 is 5.33. The van der Waals surface area contributed by atoms with Crippen LogP contribution in [0.25, 0.3) is 22.4 Å². The topological polar surface area (TPSA) is 58.1 Å². The zero-order valence-electron chi connectivity index (χ0n) is 13.3. The molecule has 4 heteroatoms. The first-order chi connectivity index (χ1) is 10.4. The fraction of sp³-hybridized carbons (Fsp3) is 0.278. The maximum absolute atomic E-state index is 10.5. The third-order valence-corrected chi connectivity index (χ3v) is 3.81. The highest BCUT2D eigenvalue weighted by atomic mass is 16.5. The van der Waals surface area contributed by atoms with Crippen LogP contribution in [0.2, 0.25) is 0 Å². The molecule has 3 aromatic rings. The highest BCUT2D eigenvalue weighted by Gasteiger charge is 2.21. The van der Waals surface area contributed by atoms with Crippen LogP contribution in [-0.4, -0.2) is 22.2 Å². The predicted molar refractivity (Wildman–Crippen MR) is 88.4 cm³/mol. The molecule has 4 nitrogen and oxygen atoms in total. The Morgan fingerprint density at radius 2 is 1.86 bits per heavy atom. The highest BCUT2D eigenvalue weighted by Crippen LogP contribution is 2.40. The van der Waals surface area contributed by atoms with Gasteiger partial charge in [-0.15, -0.1) is 0 Å². The molecule has 1 aromatic heterocycles. The van der Waals surface area contributed by atoms with Crippen molar-refractivity contribution in [1.29, 1.82) is 0 Å². The largest absolute Gasteiger partial charge is 0.504 e. The van der Waals surface area contributed by atoms with Gasteiger partial charge in [-0.3, -0.25) is 0 Å². The van der Waals surface area contributed by atoms with Crippen LogP contribution < -0.4 is 4.74 Å². The molecule has 0 aliphatic carbocycles. The van der Waals surface area contributed by atoms with Crippen LogP contribution in [0.15, 0.2) is 36.4 Å². The number of methoxy groups -OCH3 is 1. The van der Waals surface area contributed by atoms with E-state index in [0.717, 1.165) is 16.6 Å². The van der Waals surface area contributed by atoms with Crippen molar-refractivity contribution >= 4 is 11.0 Å². The molecule has 114 valence electrons. The molecule has 3 rings (SSSR count). The lowest BCUT2D eigenvalue weighted by atomic mass is 9.85. The zero-order chi connectivity index (χ0) is 15.9. The van der Waals surface area contributed by atoms with Gasteiger partial charge in [0.2, 0.25) is 0 Å². The molecular weight excluding hydrogens is 276 g/mol. The Morgan fingerprint density at radius 1 is 1.14 bits per heavy atom. The number of aromatic amines is 1. The van der Waals surface area contributed by atoms with Gasteiger partial charge in [0.25, 0.3) is 0 Å². The van der Waals surface area contributed by atoms with E-state index in [9.17, 15) is 5.11 Å². The van der Waals surface area contributed by atoms with E-state index in [2.05, 4.69) is 30.7 Å². The van der Waals surface area contributed by atoms with E-state index >= 15 is 0 Å². The van der Waals surface area contributed by atoms with Crippen molar-refractivity contribution in [2.24, 2.45) is 0 Å². The molecular formula is C18H20N2O2. The summed E-state index contributed by atoms with van der Waals surface area (Å²) in [5.74, 6) is 1.21. The highest BCUT2D eigenvalue weighted by molar-refractivity contribution is 5.81. The second-order valence-electron chi connectivity index (χ2n) is 6.43. The molecule has 0 saturated carbocycles. The number of ether oxygens (including phenoxy) is 1. The number of aromatic hydroxyl groups is 1. The molecule has 0 saturated heterocycles. The maximum atomic E-state index is 10.5. The second-order valence-corrected chi connectivity index (χ2v) is 6.43. The lowest BCUT2D eigenvalue weighted by molar-refractivity contribution is 0.372. The van der Waals surface area contributed by atoms with Crippen molar-refractivity contribution < 1.29 is 9.84 Å². The summed E-state index contributed by atoms with van der Waals surface area (Å²) in [5.41, 5.74) is 3.49. The van der Waals surface area contributed by atoms with Gasteiger partial charge in [-0.05, 0) is 35.2 Å². The van der Waals surface area contributed by atoms with Gasteiger partial charge in [0.1, 0.15) is 5.82 Å². The van der Waals surface area contributed by atoms with Gasteiger partial charge in [-0.25, -0.2) is 4.98 Å². The van der Waals surface area contributed by atoms with Crippen molar-refractivity contribution in [2.75, 3.05) is 7.11 Å². The average molecular weight is 296 g/mol. The van der Waals surface area contributed by atoms with Crippen molar-refractivity contribution in [2.45, 2.75) is 26.2 Å². The molecule has 0 radical (unpaired) electrons. The van der Waals surface area contributed by atoms with Crippen LogP contribution in [-0.2, 0) is 5.41 Å². The SMILES string of the molecule is COc1cc(C(C)(C)C)cc(-c2nc3ccccc3[nH]2)c1O. The van der Waals surface area contributed by atoms with Crippen LogP contribution >= 0.6 is 0 Å². The predicted octanol–water partition coefficient (Wildman–Crippen LogP) is 4.24. The molecule has 0 unspecified atom stereocenters. The normalized spacial score (nSPS) is 11.8. The van der Waals surface area contributed by atoms with Crippen molar-refractivity contribution in [3.8, 4) is 22.9 Å². The van der Waals surface area contributed by atoms with Gasteiger partial charge in [0.15, 0.2) is 11.5 Å². The standard InChI is InChI=1S/C18H20N2O2/c1-18(2,3)11-9-12(16(21)15(10-11)22-4)17-19-13-7-5-6-8-14(13)20-17/h5-10,21H,1-4H3,(H,19,20). The second kappa shape index (κ2) is 5.05. The summed E-state index contributed by atoms with van der Waals surface area (Å²) in [4.78, 5) is 7.83. The zero-order valence-corrected chi connectivity index (χ0v) is 13.3. The Balaban J connectivity index is 2.24. The number of H-pyrrole nitrogens is 1. The van der Waals surface area contributed by atoms with Crippen molar-refractivity contribution in [1.82, 2.24) is 9.97 Å². The molecule has 0 fully saturated rings. The molecule has 0 aliphatic heterocycles. The molecule has 1 heterocycles. The van der Waals surface area contributed by atoms with Gasteiger partial charge in [0, 0.05) is 0 Å². The summed E-state index contributed by atoms with van der Waals surface area (Å²) in [6.07, 6.45) is 0. The van der Waals surface area contributed by atoms with Crippen LogP contribution in [0.4, 0.5) is 0 Å². The number of phenols is 1. The molecule has 0 amide bonds. The number of aromatic nitrogens is 2. The van der Waals surface area contributed by atoms with Crippen molar-refractivity contribution in [3.05, 3.63) is 42.0 Å². The Morgan fingerprint density at radius 3 is 2.50 bits per heavy atom. The fourth-order valence-electron chi connectivity index (χ4n) is 2.46. The number of hydrogen-bond donors (Lipinski definition) is 2. The first kappa shape index (κ1) is 14.4. The minimum absolute atomic E-state index is 0.0538.